The molecular formula is C12H18N4O2. The SMILES string of the molecule is COC(=O)c1cncc(N2CCC(N)C(C)C2)n1. The summed E-state index contributed by atoms with van der Waals surface area (Å²) in [6.07, 6.45) is 4.00. The average molecular weight is 250 g/mol. The molecular weight excluding hydrogens is 232 g/mol. The monoisotopic (exact) mass is 250 g/mol. The summed E-state index contributed by atoms with van der Waals surface area (Å²) in [5, 5.41) is 0. The summed E-state index contributed by atoms with van der Waals surface area (Å²) >= 11 is 0. The van der Waals surface area contributed by atoms with Crippen molar-refractivity contribution in [3.05, 3.63) is 18.1 Å². The number of nitrogens with zero attached hydrogens (tertiary/aromatic N) is 3. The van der Waals surface area contributed by atoms with E-state index in [-0.39, 0.29) is 11.7 Å². The summed E-state index contributed by atoms with van der Waals surface area (Å²) in [6, 6.07) is 0.234. The molecule has 1 fully saturated rings. The molecule has 0 saturated carbocycles. The van der Waals surface area contributed by atoms with Crippen LogP contribution in [-0.2, 0) is 4.74 Å². The Labute approximate surface area is 106 Å². The van der Waals surface area contributed by atoms with E-state index in [4.69, 9.17) is 5.73 Å². The van der Waals surface area contributed by atoms with Crippen LogP contribution in [0.3, 0.4) is 0 Å². The standard InChI is InChI=1S/C12H18N4O2/c1-8-7-16(4-3-9(8)13)11-6-14-5-10(15-11)12(17)18-2/h5-6,8-9H,3-4,7,13H2,1-2H3. The summed E-state index contributed by atoms with van der Waals surface area (Å²) in [6.45, 7) is 3.79. The first-order chi connectivity index (χ1) is 8.61. The molecule has 1 aliphatic rings. The third-order valence-electron chi connectivity index (χ3n) is 3.31. The van der Waals surface area contributed by atoms with Crippen LogP contribution in [0.5, 0.6) is 0 Å². The fourth-order valence-corrected chi connectivity index (χ4v) is 2.08. The lowest BCUT2D eigenvalue weighted by molar-refractivity contribution is 0.0593. The van der Waals surface area contributed by atoms with Crippen molar-refractivity contribution in [1.29, 1.82) is 0 Å². The van der Waals surface area contributed by atoms with Gasteiger partial charge < -0.3 is 15.4 Å². The van der Waals surface area contributed by atoms with E-state index in [1.54, 1.807) is 6.20 Å². The van der Waals surface area contributed by atoms with Gasteiger partial charge in [-0.1, -0.05) is 6.92 Å². The van der Waals surface area contributed by atoms with Crippen molar-refractivity contribution >= 4 is 11.8 Å². The lowest BCUT2D eigenvalue weighted by Gasteiger charge is -2.35. The molecule has 6 heteroatoms. The van der Waals surface area contributed by atoms with Crippen LogP contribution < -0.4 is 10.6 Å². The first-order valence-electron chi connectivity index (χ1n) is 6.02. The summed E-state index contributed by atoms with van der Waals surface area (Å²) in [4.78, 5) is 21.8. The van der Waals surface area contributed by atoms with Gasteiger partial charge >= 0.3 is 5.97 Å². The van der Waals surface area contributed by atoms with Gasteiger partial charge in [-0.05, 0) is 12.3 Å². The summed E-state index contributed by atoms with van der Waals surface area (Å²) in [7, 11) is 1.33. The molecule has 1 aromatic rings. The number of rotatable bonds is 2. The van der Waals surface area contributed by atoms with Gasteiger partial charge in [0.05, 0.1) is 19.5 Å². The fourth-order valence-electron chi connectivity index (χ4n) is 2.08. The van der Waals surface area contributed by atoms with E-state index in [1.807, 2.05) is 0 Å². The molecule has 0 bridgehead atoms. The molecule has 2 unspecified atom stereocenters. The Morgan fingerprint density at radius 1 is 1.56 bits per heavy atom. The van der Waals surface area contributed by atoms with Gasteiger partial charge in [-0.3, -0.25) is 4.98 Å². The predicted octanol–water partition coefficient (Wildman–Crippen LogP) is 0.437. The zero-order valence-electron chi connectivity index (χ0n) is 10.7. The average Bonchev–Trinajstić information content (AvgIpc) is 2.41. The van der Waals surface area contributed by atoms with Gasteiger partial charge in [-0.15, -0.1) is 0 Å². The van der Waals surface area contributed by atoms with Crippen molar-refractivity contribution in [1.82, 2.24) is 9.97 Å². The predicted molar refractivity (Wildman–Crippen MR) is 67.3 cm³/mol. The number of methoxy groups -OCH3 is 1. The molecule has 2 N–H and O–H groups in total. The molecule has 0 amide bonds. The molecule has 0 aliphatic carbocycles. The molecule has 1 aliphatic heterocycles. The van der Waals surface area contributed by atoms with E-state index in [0.29, 0.717) is 11.7 Å². The van der Waals surface area contributed by atoms with Crippen LogP contribution in [0.1, 0.15) is 23.8 Å². The van der Waals surface area contributed by atoms with E-state index >= 15 is 0 Å². The zero-order valence-corrected chi connectivity index (χ0v) is 10.7. The summed E-state index contributed by atoms with van der Waals surface area (Å²) in [5.41, 5.74) is 6.22. The van der Waals surface area contributed by atoms with Crippen LogP contribution in [0, 0.1) is 5.92 Å². The second kappa shape index (κ2) is 5.30. The van der Waals surface area contributed by atoms with Crippen molar-refractivity contribution < 1.29 is 9.53 Å². The highest BCUT2D eigenvalue weighted by molar-refractivity contribution is 5.87. The van der Waals surface area contributed by atoms with Crippen molar-refractivity contribution in [3.63, 3.8) is 0 Å². The number of carbonyl (C=O) groups is 1. The Hall–Kier alpha value is -1.69. The van der Waals surface area contributed by atoms with Gasteiger partial charge in [0, 0.05) is 19.1 Å². The maximum absolute atomic E-state index is 11.4. The third kappa shape index (κ3) is 2.59. The van der Waals surface area contributed by atoms with Gasteiger partial charge in [0.25, 0.3) is 0 Å². The quantitative estimate of drug-likeness (QED) is 0.767. The van der Waals surface area contributed by atoms with Crippen molar-refractivity contribution in [2.45, 2.75) is 19.4 Å². The molecule has 1 aromatic heterocycles. The maximum atomic E-state index is 11.4. The highest BCUT2D eigenvalue weighted by Gasteiger charge is 2.24. The van der Waals surface area contributed by atoms with Crippen LogP contribution in [0.2, 0.25) is 0 Å². The van der Waals surface area contributed by atoms with Gasteiger partial charge in [0.2, 0.25) is 0 Å². The molecule has 2 atom stereocenters. The lowest BCUT2D eigenvalue weighted by atomic mass is 9.95. The summed E-state index contributed by atoms with van der Waals surface area (Å²) < 4.78 is 4.64. The van der Waals surface area contributed by atoms with Gasteiger partial charge in [-0.2, -0.15) is 0 Å². The molecule has 1 saturated heterocycles. The van der Waals surface area contributed by atoms with Gasteiger partial charge in [0.15, 0.2) is 5.69 Å². The Morgan fingerprint density at radius 3 is 3.00 bits per heavy atom. The van der Waals surface area contributed by atoms with E-state index in [0.717, 1.165) is 19.5 Å². The lowest BCUT2D eigenvalue weighted by Crippen LogP contribution is -2.46. The third-order valence-corrected chi connectivity index (χ3v) is 3.31. The largest absolute Gasteiger partial charge is 0.464 e. The van der Waals surface area contributed by atoms with Crippen molar-refractivity contribution in [2.75, 3.05) is 25.1 Å². The number of hydrogen-bond donors (Lipinski definition) is 1. The van der Waals surface area contributed by atoms with Crippen LogP contribution >= 0.6 is 0 Å². The molecule has 98 valence electrons. The molecule has 0 radical (unpaired) electrons. The number of piperidine rings is 1. The van der Waals surface area contributed by atoms with Crippen LogP contribution in [0.25, 0.3) is 0 Å². The number of esters is 1. The zero-order chi connectivity index (χ0) is 13.1. The number of carbonyl (C=O) groups excluding carboxylic acids is 1. The Balaban J connectivity index is 2.16. The second-order valence-electron chi connectivity index (χ2n) is 4.63. The van der Waals surface area contributed by atoms with Crippen LogP contribution in [0.15, 0.2) is 12.4 Å². The van der Waals surface area contributed by atoms with Gasteiger partial charge in [-0.25, -0.2) is 9.78 Å². The Morgan fingerprint density at radius 2 is 2.33 bits per heavy atom. The minimum absolute atomic E-state index is 0.234. The molecule has 0 aromatic carbocycles. The molecule has 0 spiro atoms. The smallest absolute Gasteiger partial charge is 0.358 e. The van der Waals surface area contributed by atoms with E-state index < -0.39 is 5.97 Å². The van der Waals surface area contributed by atoms with Gasteiger partial charge in [0.1, 0.15) is 5.82 Å². The number of ether oxygens (including phenoxy) is 1. The topological polar surface area (TPSA) is 81.3 Å². The molecule has 18 heavy (non-hydrogen) atoms. The highest BCUT2D eigenvalue weighted by Crippen LogP contribution is 2.20. The van der Waals surface area contributed by atoms with Crippen molar-refractivity contribution in [3.8, 4) is 0 Å². The first-order valence-corrected chi connectivity index (χ1v) is 6.02. The number of hydrogen-bond acceptors (Lipinski definition) is 6. The normalized spacial score (nSPS) is 23.8. The van der Waals surface area contributed by atoms with E-state index in [9.17, 15) is 4.79 Å². The molecule has 2 rings (SSSR count). The molecule has 6 nitrogen and oxygen atoms in total. The number of nitrogens with two attached hydrogens (primary N) is 1. The minimum atomic E-state index is -0.467. The van der Waals surface area contributed by atoms with E-state index in [2.05, 4.69) is 26.5 Å². The van der Waals surface area contributed by atoms with Crippen LogP contribution in [0.4, 0.5) is 5.82 Å². The maximum Gasteiger partial charge on any atom is 0.358 e. The molecule has 2 heterocycles. The highest BCUT2D eigenvalue weighted by atomic mass is 16.5. The number of aromatic nitrogens is 2. The first kappa shape index (κ1) is 12.8. The van der Waals surface area contributed by atoms with E-state index in [1.165, 1.54) is 13.3 Å². The Kier molecular flexibility index (Phi) is 3.76. The minimum Gasteiger partial charge on any atom is -0.464 e. The fraction of sp³-hybridized carbons (Fsp3) is 0.583. The number of anilines is 1. The van der Waals surface area contributed by atoms with Crippen molar-refractivity contribution in [2.24, 2.45) is 11.7 Å². The second-order valence-corrected chi connectivity index (χ2v) is 4.63. The van der Waals surface area contributed by atoms with Crippen LogP contribution in [-0.4, -0.2) is 42.2 Å². The summed E-state index contributed by atoms with van der Waals surface area (Å²) in [5.74, 6) is 0.644. The Bertz CT molecular complexity index is 438.